The van der Waals surface area contributed by atoms with Crippen LogP contribution in [-0.4, -0.2) is 20.6 Å². The molecule has 3 rings (SSSR count). The Balaban J connectivity index is 2.19. The average molecular weight is 336 g/mol. The molecule has 2 heterocycles. The second-order valence-electron chi connectivity index (χ2n) is 7.00. The van der Waals surface area contributed by atoms with Crippen LogP contribution < -0.4 is 5.32 Å². The van der Waals surface area contributed by atoms with Crippen molar-refractivity contribution in [3.8, 4) is 5.69 Å². The standard InChI is InChI=1S/C21H28N4/c1-7-17(8-2)24-18-11-16(6)23-21-19(18)22-12-25(21)20-14(4)9-13(3)10-15(20)5/h9-12,17H,7-8H2,1-6H3,(H,23,24). The van der Waals surface area contributed by atoms with Crippen LogP contribution in [0, 0.1) is 27.7 Å². The highest BCUT2D eigenvalue weighted by atomic mass is 15.1. The van der Waals surface area contributed by atoms with E-state index in [1.54, 1.807) is 0 Å². The number of benzene rings is 1. The monoisotopic (exact) mass is 336 g/mol. The molecule has 0 aliphatic carbocycles. The summed E-state index contributed by atoms with van der Waals surface area (Å²) in [6.45, 7) is 12.9. The molecule has 0 unspecified atom stereocenters. The minimum atomic E-state index is 0.456. The number of hydrogen-bond acceptors (Lipinski definition) is 3. The Hall–Kier alpha value is -2.36. The second-order valence-corrected chi connectivity index (χ2v) is 7.00. The predicted octanol–water partition coefficient (Wildman–Crippen LogP) is 5.25. The molecular weight excluding hydrogens is 308 g/mol. The number of fused-ring (bicyclic) bond motifs is 1. The van der Waals surface area contributed by atoms with Crippen LogP contribution in [0.15, 0.2) is 24.5 Å². The van der Waals surface area contributed by atoms with Gasteiger partial charge in [-0.15, -0.1) is 0 Å². The lowest BCUT2D eigenvalue weighted by atomic mass is 10.0. The summed E-state index contributed by atoms with van der Waals surface area (Å²) < 4.78 is 2.13. The van der Waals surface area contributed by atoms with Gasteiger partial charge in [-0.25, -0.2) is 9.97 Å². The van der Waals surface area contributed by atoms with Crippen molar-refractivity contribution in [1.82, 2.24) is 14.5 Å². The first-order chi connectivity index (χ1) is 11.9. The molecule has 4 nitrogen and oxygen atoms in total. The quantitative estimate of drug-likeness (QED) is 0.691. The Kier molecular flexibility index (Phi) is 4.80. The summed E-state index contributed by atoms with van der Waals surface area (Å²) in [7, 11) is 0. The molecule has 4 heteroatoms. The maximum absolute atomic E-state index is 4.80. The number of anilines is 1. The number of pyridine rings is 1. The molecule has 1 aromatic carbocycles. The summed E-state index contributed by atoms with van der Waals surface area (Å²) in [5.74, 6) is 0. The highest BCUT2D eigenvalue weighted by Gasteiger charge is 2.16. The number of nitrogens with zero attached hydrogens (tertiary/aromatic N) is 3. The lowest BCUT2D eigenvalue weighted by Crippen LogP contribution is -2.17. The molecule has 0 saturated carbocycles. The third-order valence-corrected chi connectivity index (χ3v) is 4.85. The fourth-order valence-electron chi connectivity index (χ4n) is 3.65. The van der Waals surface area contributed by atoms with Crippen LogP contribution in [0.4, 0.5) is 5.69 Å². The van der Waals surface area contributed by atoms with E-state index in [1.165, 1.54) is 22.4 Å². The van der Waals surface area contributed by atoms with E-state index in [-0.39, 0.29) is 0 Å². The van der Waals surface area contributed by atoms with Crippen molar-refractivity contribution >= 4 is 16.9 Å². The largest absolute Gasteiger partial charge is 0.380 e. The van der Waals surface area contributed by atoms with Crippen LogP contribution >= 0.6 is 0 Å². The van der Waals surface area contributed by atoms with Gasteiger partial charge < -0.3 is 5.32 Å². The number of imidazole rings is 1. The molecule has 3 aromatic rings. The molecule has 0 fully saturated rings. The number of rotatable bonds is 5. The van der Waals surface area contributed by atoms with Gasteiger partial charge in [-0.3, -0.25) is 4.57 Å². The molecule has 0 bridgehead atoms. The smallest absolute Gasteiger partial charge is 0.166 e. The first kappa shape index (κ1) is 17.5. The third kappa shape index (κ3) is 3.26. The van der Waals surface area contributed by atoms with E-state index in [0.717, 1.165) is 35.4 Å². The first-order valence-corrected chi connectivity index (χ1v) is 9.14. The minimum Gasteiger partial charge on any atom is -0.380 e. The van der Waals surface area contributed by atoms with Gasteiger partial charge in [0.05, 0.1) is 11.4 Å². The summed E-state index contributed by atoms with van der Waals surface area (Å²) in [6, 6.07) is 6.99. The van der Waals surface area contributed by atoms with Crippen molar-refractivity contribution in [2.24, 2.45) is 0 Å². The molecule has 132 valence electrons. The second kappa shape index (κ2) is 6.87. The Bertz CT molecular complexity index is 881. The highest BCUT2D eigenvalue weighted by Crippen LogP contribution is 2.28. The fourth-order valence-corrected chi connectivity index (χ4v) is 3.65. The van der Waals surface area contributed by atoms with E-state index < -0.39 is 0 Å². The average Bonchev–Trinajstić information content (AvgIpc) is 2.95. The summed E-state index contributed by atoms with van der Waals surface area (Å²) in [4.78, 5) is 9.50. The number of aryl methyl sites for hydroxylation is 4. The van der Waals surface area contributed by atoms with E-state index in [0.29, 0.717) is 6.04 Å². The van der Waals surface area contributed by atoms with Gasteiger partial charge in [-0.2, -0.15) is 0 Å². The van der Waals surface area contributed by atoms with Crippen LogP contribution in [0.3, 0.4) is 0 Å². The van der Waals surface area contributed by atoms with Crippen molar-refractivity contribution in [2.45, 2.75) is 60.4 Å². The maximum atomic E-state index is 4.80. The lowest BCUT2D eigenvalue weighted by Gasteiger charge is -2.17. The predicted molar refractivity (Wildman–Crippen MR) is 106 cm³/mol. The summed E-state index contributed by atoms with van der Waals surface area (Å²) >= 11 is 0. The van der Waals surface area contributed by atoms with Crippen LogP contribution in [0.1, 0.15) is 49.1 Å². The van der Waals surface area contributed by atoms with Gasteiger partial charge in [0.2, 0.25) is 0 Å². The van der Waals surface area contributed by atoms with Gasteiger partial charge in [0.15, 0.2) is 5.65 Å². The SMILES string of the molecule is CCC(CC)Nc1cc(C)nc2c1ncn2-c1c(C)cc(C)cc1C. The van der Waals surface area contributed by atoms with E-state index in [1.807, 2.05) is 13.3 Å². The van der Waals surface area contributed by atoms with Crippen LogP contribution in [0.25, 0.3) is 16.9 Å². The Morgan fingerprint density at radius 3 is 2.24 bits per heavy atom. The summed E-state index contributed by atoms with van der Waals surface area (Å²) in [5.41, 5.74) is 8.90. The highest BCUT2D eigenvalue weighted by molar-refractivity contribution is 5.87. The topological polar surface area (TPSA) is 42.7 Å². The van der Waals surface area contributed by atoms with Crippen LogP contribution in [0.2, 0.25) is 0 Å². The van der Waals surface area contributed by atoms with Crippen molar-refractivity contribution in [2.75, 3.05) is 5.32 Å². The van der Waals surface area contributed by atoms with Crippen LogP contribution in [0.5, 0.6) is 0 Å². The molecule has 2 aromatic heterocycles. The fraction of sp³-hybridized carbons (Fsp3) is 0.429. The van der Waals surface area contributed by atoms with E-state index in [9.17, 15) is 0 Å². The summed E-state index contributed by atoms with van der Waals surface area (Å²) in [6.07, 6.45) is 4.09. The molecule has 0 aliphatic rings. The van der Waals surface area contributed by atoms with Crippen molar-refractivity contribution < 1.29 is 0 Å². The first-order valence-electron chi connectivity index (χ1n) is 9.14. The molecule has 0 saturated heterocycles. The zero-order chi connectivity index (χ0) is 18.1. The normalized spacial score (nSPS) is 11.5. The number of nitrogens with one attached hydrogen (secondary N) is 1. The molecular formula is C21H28N4. The van der Waals surface area contributed by atoms with E-state index in [2.05, 4.69) is 62.7 Å². The molecule has 0 amide bonds. The van der Waals surface area contributed by atoms with E-state index >= 15 is 0 Å². The number of hydrogen-bond donors (Lipinski definition) is 1. The zero-order valence-corrected chi connectivity index (χ0v) is 16.1. The minimum absolute atomic E-state index is 0.456. The van der Waals surface area contributed by atoms with Gasteiger partial charge in [-0.05, 0) is 57.7 Å². The lowest BCUT2D eigenvalue weighted by molar-refractivity contribution is 0.672. The van der Waals surface area contributed by atoms with Gasteiger partial charge in [0, 0.05) is 11.7 Å². The Labute approximate surface area is 150 Å². The maximum Gasteiger partial charge on any atom is 0.166 e. The molecule has 0 spiro atoms. The zero-order valence-electron chi connectivity index (χ0n) is 16.1. The molecule has 1 N–H and O–H groups in total. The molecule has 0 radical (unpaired) electrons. The van der Waals surface area contributed by atoms with Gasteiger partial charge in [-0.1, -0.05) is 31.5 Å². The summed E-state index contributed by atoms with van der Waals surface area (Å²) in [5, 5.41) is 3.65. The Morgan fingerprint density at radius 1 is 1.00 bits per heavy atom. The van der Waals surface area contributed by atoms with Gasteiger partial charge in [0.25, 0.3) is 0 Å². The van der Waals surface area contributed by atoms with Gasteiger partial charge >= 0.3 is 0 Å². The molecule has 0 atom stereocenters. The number of aromatic nitrogens is 3. The van der Waals surface area contributed by atoms with Crippen LogP contribution in [-0.2, 0) is 0 Å². The van der Waals surface area contributed by atoms with Crippen molar-refractivity contribution in [3.05, 3.63) is 46.9 Å². The molecule has 0 aliphatic heterocycles. The van der Waals surface area contributed by atoms with Crippen molar-refractivity contribution in [1.29, 1.82) is 0 Å². The third-order valence-electron chi connectivity index (χ3n) is 4.85. The Morgan fingerprint density at radius 2 is 1.64 bits per heavy atom. The van der Waals surface area contributed by atoms with Gasteiger partial charge in [0.1, 0.15) is 11.8 Å². The van der Waals surface area contributed by atoms with E-state index in [4.69, 9.17) is 9.97 Å². The molecule has 25 heavy (non-hydrogen) atoms. The van der Waals surface area contributed by atoms with Crippen molar-refractivity contribution in [3.63, 3.8) is 0 Å².